The maximum Gasteiger partial charge on any atom is 0.407 e. The zero-order valence-corrected chi connectivity index (χ0v) is 27.0. The van der Waals surface area contributed by atoms with Gasteiger partial charge in [-0.05, 0) is 85.7 Å². The maximum atomic E-state index is 14.3. The van der Waals surface area contributed by atoms with Gasteiger partial charge in [0, 0.05) is 32.7 Å². The molecule has 45 heavy (non-hydrogen) atoms. The first-order valence-corrected chi connectivity index (χ1v) is 17.1. The molecule has 1 spiro atoms. The van der Waals surface area contributed by atoms with Crippen molar-refractivity contribution in [2.75, 3.05) is 32.7 Å². The van der Waals surface area contributed by atoms with E-state index in [0.717, 1.165) is 44.0 Å². The molecule has 2 N–H and O–H groups in total. The summed E-state index contributed by atoms with van der Waals surface area (Å²) in [7, 11) is 0. The molecule has 2 aromatic carbocycles. The number of fused-ring (bicyclic) bond motifs is 2. The number of nitrogens with one attached hydrogen (secondary N) is 2. The molecular weight excluding hydrogens is 564 g/mol. The second-order valence-corrected chi connectivity index (χ2v) is 14.4. The van der Waals surface area contributed by atoms with Crippen molar-refractivity contribution in [3.8, 4) is 0 Å². The van der Waals surface area contributed by atoms with Crippen LogP contribution in [-0.2, 0) is 27.4 Å². The molecule has 0 unspecified atom stereocenters. The summed E-state index contributed by atoms with van der Waals surface area (Å²) in [4.78, 5) is 45.0. The van der Waals surface area contributed by atoms with Crippen LogP contribution in [0, 0.1) is 23.2 Å². The monoisotopic (exact) mass is 614 g/mol. The Balaban J connectivity index is 1.07. The van der Waals surface area contributed by atoms with Crippen molar-refractivity contribution in [2.24, 2.45) is 23.2 Å². The maximum absolute atomic E-state index is 14.3. The van der Waals surface area contributed by atoms with E-state index in [-0.39, 0.29) is 18.4 Å². The zero-order valence-electron chi connectivity index (χ0n) is 27.0. The molecule has 5 fully saturated rings. The van der Waals surface area contributed by atoms with Gasteiger partial charge in [-0.3, -0.25) is 9.59 Å². The molecule has 2 heterocycles. The lowest BCUT2D eigenvalue weighted by atomic mass is 9.45. The number of hydrogen-bond donors (Lipinski definition) is 2. The first kappa shape index (κ1) is 31.6. The summed E-state index contributed by atoms with van der Waals surface area (Å²) >= 11 is 0. The molecule has 2 aliphatic heterocycles. The average molecular weight is 615 g/mol. The molecule has 8 heteroatoms. The Labute approximate surface area is 268 Å². The highest BCUT2D eigenvalue weighted by Crippen LogP contribution is 2.61. The summed E-state index contributed by atoms with van der Waals surface area (Å²) in [5, 5.41) is 5.94. The fourth-order valence-electron chi connectivity index (χ4n) is 8.60. The topological polar surface area (TPSA) is 91.0 Å². The van der Waals surface area contributed by atoms with Crippen molar-refractivity contribution >= 4 is 17.9 Å². The Morgan fingerprint density at radius 3 is 2.33 bits per heavy atom. The number of hydrogen-bond acceptors (Lipinski definition) is 5. The number of ether oxygens (including phenoxy) is 1. The van der Waals surface area contributed by atoms with Crippen molar-refractivity contribution in [3.05, 3.63) is 71.8 Å². The first-order chi connectivity index (χ1) is 21.8. The number of carbonyl (C=O) groups is 3. The Morgan fingerprint density at radius 1 is 0.978 bits per heavy atom. The molecule has 8 nitrogen and oxygen atoms in total. The van der Waals surface area contributed by atoms with Gasteiger partial charge in [-0.2, -0.15) is 0 Å². The van der Waals surface area contributed by atoms with Crippen LogP contribution in [0.4, 0.5) is 4.79 Å². The summed E-state index contributed by atoms with van der Waals surface area (Å²) in [6.45, 7) is 8.64. The van der Waals surface area contributed by atoms with Crippen LogP contribution in [0.3, 0.4) is 0 Å². The molecule has 2 saturated heterocycles. The van der Waals surface area contributed by atoms with Gasteiger partial charge < -0.3 is 25.2 Å². The number of amides is 3. The van der Waals surface area contributed by atoms with Gasteiger partial charge in [0.15, 0.2) is 0 Å². The lowest BCUT2D eigenvalue weighted by Gasteiger charge is -2.62. The third-order valence-corrected chi connectivity index (χ3v) is 11.6. The van der Waals surface area contributed by atoms with Crippen LogP contribution in [-0.4, -0.2) is 72.0 Å². The fraction of sp³-hybridized carbons (Fsp3) is 0.595. The van der Waals surface area contributed by atoms with Crippen LogP contribution in [0.1, 0.15) is 69.9 Å². The first-order valence-electron chi connectivity index (χ1n) is 17.1. The molecule has 2 bridgehead atoms. The molecule has 7 rings (SSSR count). The van der Waals surface area contributed by atoms with E-state index < -0.39 is 17.7 Å². The van der Waals surface area contributed by atoms with Gasteiger partial charge in [0.2, 0.25) is 11.8 Å². The van der Waals surface area contributed by atoms with Crippen molar-refractivity contribution < 1.29 is 19.1 Å². The van der Waals surface area contributed by atoms with E-state index in [4.69, 9.17) is 4.74 Å². The predicted octanol–water partition coefficient (Wildman–Crippen LogP) is 5.17. The standard InChI is InChI=1S/C37H50N4O4/c1-36(2)30-16-15-29(31(36)24-30)25-41-33(42)32(14-9-20-38-35(44)45-26-28-12-7-4-8-13-28)39-34(43)37(41)18-22-40(23-19-37)21-17-27-10-5-3-6-11-27/h3-8,10-13,29-32H,9,14-26H2,1-2H3,(H,38,44)(H,39,43)/t29-,30+,31+,32+/m1/s1. The van der Waals surface area contributed by atoms with E-state index in [1.165, 1.54) is 18.4 Å². The molecule has 242 valence electrons. The van der Waals surface area contributed by atoms with E-state index in [2.05, 4.69) is 53.6 Å². The lowest BCUT2D eigenvalue weighted by Crippen LogP contribution is -2.74. The smallest absolute Gasteiger partial charge is 0.407 e. The Hall–Kier alpha value is -3.39. The van der Waals surface area contributed by atoms with Gasteiger partial charge in [-0.15, -0.1) is 0 Å². The molecule has 3 amide bonds. The molecule has 3 saturated carbocycles. The van der Waals surface area contributed by atoms with Crippen LogP contribution < -0.4 is 10.6 Å². The minimum Gasteiger partial charge on any atom is -0.445 e. The number of benzene rings is 2. The summed E-state index contributed by atoms with van der Waals surface area (Å²) < 4.78 is 5.32. The number of carbonyl (C=O) groups excluding carboxylic acids is 3. The van der Waals surface area contributed by atoms with Gasteiger partial charge in [-0.1, -0.05) is 74.5 Å². The highest BCUT2D eigenvalue weighted by Gasteiger charge is 2.58. The quantitative estimate of drug-likeness (QED) is 0.341. The number of alkyl carbamates (subject to hydrolysis) is 1. The molecule has 4 atom stereocenters. The minimum atomic E-state index is -0.777. The Kier molecular flexibility index (Phi) is 9.50. The van der Waals surface area contributed by atoms with Crippen molar-refractivity contribution in [3.63, 3.8) is 0 Å². The van der Waals surface area contributed by atoms with Crippen LogP contribution in [0.5, 0.6) is 0 Å². The van der Waals surface area contributed by atoms with E-state index in [0.29, 0.717) is 56.0 Å². The SMILES string of the molecule is CC1(C)[C@H]2CC[C@H](CN3C(=O)[C@H](CCCNC(=O)OCc4ccccc4)NC(=O)C34CCN(CCc3ccccc3)CC4)[C@@H]1C2. The van der Waals surface area contributed by atoms with E-state index in [1.54, 1.807) is 0 Å². The fourth-order valence-corrected chi connectivity index (χ4v) is 8.60. The lowest BCUT2D eigenvalue weighted by molar-refractivity contribution is -0.168. The predicted molar refractivity (Wildman–Crippen MR) is 174 cm³/mol. The number of piperidine rings is 1. The Morgan fingerprint density at radius 2 is 1.67 bits per heavy atom. The molecule has 3 aliphatic carbocycles. The van der Waals surface area contributed by atoms with E-state index in [9.17, 15) is 14.4 Å². The number of likely N-dealkylation sites (tertiary alicyclic amines) is 1. The van der Waals surface area contributed by atoms with Crippen LogP contribution in [0.15, 0.2) is 60.7 Å². The summed E-state index contributed by atoms with van der Waals surface area (Å²) in [5.74, 6) is 1.90. The molecule has 2 aromatic rings. The van der Waals surface area contributed by atoms with Crippen LogP contribution in [0.25, 0.3) is 0 Å². The summed E-state index contributed by atoms with van der Waals surface area (Å²) in [5.41, 5.74) is 1.79. The number of nitrogens with zero attached hydrogens (tertiary/aromatic N) is 2. The van der Waals surface area contributed by atoms with Crippen molar-refractivity contribution in [1.82, 2.24) is 20.4 Å². The normalized spacial score (nSPS) is 27.0. The second-order valence-electron chi connectivity index (χ2n) is 14.4. The third-order valence-electron chi connectivity index (χ3n) is 11.6. The minimum absolute atomic E-state index is 0.00611. The van der Waals surface area contributed by atoms with E-state index in [1.807, 2.05) is 41.3 Å². The van der Waals surface area contributed by atoms with Gasteiger partial charge in [-0.25, -0.2) is 4.79 Å². The van der Waals surface area contributed by atoms with Gasteiger partial charge in [0.05, 0.1) is 0 Å². The summed E-state index contributed by atoms with van der Waals surface area (Å²) in [6, 6.07) is 19.5. The molecular formula is C37H50N4O4. The van der Waals surface area contributed by atoms with Gasteiger partial charge in [0.1, 0.15) is 18.2 Å². The van der Waals surface area contributed by atoms with Crippen molar-refractivity contribution in [1.29, 1.82) is 0 Å². The highest BCUT2D eigenvalue weighted by atomic mass is 16.5. The van der Waals surface area contributed by atoms with Gasteiger partial charge in [0.25, 0.3) is 0 Å². The third kappa shape index (κ3) is 6.76. The summed E-state index contributed by atoms with van der Waals surface area (Å²) in [6.07, 6.45) is 6.53. The van der Waals surface area contributed by atoms with Gasteiger partial charge >= 0.3 is 6.09 Å². The van der Waals surface area contributed by atoms with Crippen LogP contribution in [0.2, 0.25) is 0 Å². The largest absolute Gasteiger partial charge is 0.445 e. The Bertz CT molecular complexity index is 1320. The second kappa shape index (κ2) is 13.5. The molecule has 0 aromatic heterocycles. The van der Waals surface area contributed by atoms with Crippen molar-refractivity contribution in [2.45, 2.75) is 83.4 Å². The van der Waals surface area contributed by atoms with Crippen LogP contribution >= 0.6 is 0 Å². The number of piperazine rings is 1. The molecule has 5 aliphatic rings. The van der Waals surface area contributed by atoms with E-state index >= 15 is 0 Å². The molecule has 0 radical (unpaired) electrons. The highest BCUT2D eigenvalue weighted by molar-refractivity contribution is 6.00. The zero-order chi connectivity index (χ0) is 31.4. The number of rotatable bonds is 11. The average Bonchev–Trinajstić information content (AvgIpc) is 3.07.